The minimum absolute atomic E-state index is 0.143. The van der Waals surface area contributed by atoms with E-state index in [1.54, 1.807) is 25.4 Å². The Morgan fingerprint density at radius 1 is 1.21 bits per heavy atom. The topological polar surface area (TPSA) is 58.7 Å². The molecule has 0 aliphatic carbocycles. The van der Waals surface area contributed by atoms with Crippen LogP contribution in [-0.4, -0.2) is 28.0 Å². The van der Waals surface area contributed by atoms with Crippen LogP contribution < -0.4 is 0 Å². The van der Waals surface area contributed by atoms with E-state index in [-0.39, 0.29) is 5.91 Å². The molecule has 3 heterocycles. The third-order valence-electron chi connectivity index (χ3n) is 4.00. The Kier molecular flexibility index (Phi) is 5.39. The highest BCUT2D eigenvalue weighted by Crippen LogP contribution is 2.35. The maximum Gasteiger partial charge on any atom is 0.266 e. The van der Waals surface area contributed by atoms with Crippen molar-refractivity contribution in [3.8, 4) is 11.3 Å². The van der Waals surface area contributed by atoms with E-state index in [9.17, 15) is 4.79 Å². The number of furan rings is 1. The lowest BCUT2D eigenvalue weighted by molar-refractivity contribution is -0.121. The molecule has 2 aromatic heterocycles. The molecular weight excluding hydrogens is 462 g/mol. The SMILES string of the molecule is CN1C(=O)/C(=C\c2ccc(-c3ccc(Br)cc3)o2)SC1=Nc1ccncc1Cl. The molecule has 28 heavy (non-hydrogen) atoms. The third kappa shape index (κ3) is 3.92. The summed E-state index contributed by atoms with van der Waals surface area (Å²) in [7, 11) is 1.68. The molecule has 0 N–H and O–H groups in total. The summed E-state index contributed by atoms with van der Waals surface area (Å²) in [5.74, 6) is 1.20. The van der Waals surface area contributed by atoms with Crippen LogP contribution in [0.2, 0.25) is 5.02 Å². The number of amides is 1. The summed E-state index contributed by atoms with van der Waals surface area (Å²) in [6.45, 7) is 0. The van der Waals surface area contributed by atoms with Gasteiger partial charge in [0.25, 0.3) is 5.91 Å². The molecule has 1 aromatic carbocycles. The first-order valence-electron chi connectivity index (χ1n) is 8.23. The Hall–Kier alpha value is -2.35. The van der Waals surface area contributed by atoms with Gasteiger partial charge in [-0.05, 0) is 42.1 Å². The first kappa shape index (κ1) is 19.0. The Bertz CT molecular complexity index is 1110. The van der Waals surface area contributed by atoms with E-state index in [0.29, 0.717) is 26.5 Å². The average molecular weight is 475 g/mol. The summed E-state index contributed by atoms with van der Waals surface area (Å²) in [6.07, 6.45) is 4.85. The smallest absolute Gasteiger partial charge is 0.266 e. The van der Waals surface area contributed by atoms with Gasteiger partial charge in [0.2, 0.25) is 0 Å². The largest absolute Gasteiger partial charge is 0.457 e. The summed E-state index contributed by atoms with van der Waals surface area (Å²) in [6, 6.07) is 13.3. The molecule has 5 nitrogen and oxygen atoms in total. The number of hydrogen-bond donors (Lipinski definition) is 0. The van der Waals surface area contributed by atoms with Crippen LogP contribution in [0.25, 0.3) is 17.4 Å². The second-order valence-corrected chi connectivity index (χ2v) is 8.24. The van der Waals surface area contributed by atoms with Gasteiger partial charge in [-0.25, -0.2) is 4.99 Å². The van der Waals surface area contributed by atoms with E-state index >= 15 is 0 Å². The van der Waals surface area contributed by atoms with Crippen molar-refractivity contribution in [2.75, 3.05) is 7.05 Å². The second kappa shape index (κ2) is 7.95. The van der Waals surface area contributed by atoms with Crippen LogP contribution in [0.3, 0.4) is 0 Å². The zero-order valence-electron chi connectivity index (χ0n) is 14.6. The minimum atomic E-state index is -0.143. The predicted octanol–water partition coefficient (Wildman–Crippen LogP) is 5.99. The molecule has 1 fully saturated rings. The highest BCUT2D eigenvalue weighted by molar-refractivity contribution is 9.10. The molecule has 0 bridgehead atoms. The molecule has 0 radical (unpaired) electrons. The number of carbonyl (C=O) groups excluding carboxylic acids is 1. The number of hydrogen-bond acceptors (Lipinski definition) is 5. The number of amidine groups is 1. The standard InChI is InChI=1S/C20H13BrClN3O2S/c1-25-19(26)18(28-20(25)24-16-8-9-23-11-15(16)22)10-14-6-7-17(27-14)12-2-4-13(21)5-3-12/h2-11H,1H3/b18-10+,24-20?. The number of carbonyl (C=O) groups is 1. The molecule has 1 amide bonds. The van der Waals surface area contributed by atoms with Crippen molar-refractivity contribution in [2.24, 2.45) is 4.99 Å². The lowest BCUT2D eigenvalue weighted by Gasteiger charge is -2.07. The van der Waals surface area contributed by atoms with Gasteiger partial charge in [-0.3, -0.25) is 14.7 Å². The van der Waals surface area contributed by atoms with Crippen molar-refractivity contribution in [1.29, 1.82) is 0 Å². The molecule has 1 aliphatic rings. The lowest BCUT2D eigenvalue weighted by atomic mass is 10.2. The van der Waals surface area contributed by atoms with Crippen molar-refractivity contribution < 1.29 is 9.21 Å². The summed E-state index contributed by atoms with van der Waals surface area (Å²) < 4.78 is 6.88. The maximum atomic E-state index is 12.6. The number of aliphatic imine (C=N–C) groups is 1. The Balaban J connectivity index is 1.60. The van der Waals surface area contributed by atoms with Crippen molar-refractivity contribution in [2.45, 2.75) is 0 Å². The lowest BCUT2D eigenvalue weighted by Crippen LogP contribution is -2.23. The number of benzene rings is 1. The van der Waals surface area contributed by atoms with Crippen LogP contribution in [0, 0.1) is 0 Å². The maximum absolute atomic E-state index is 12.6. The highest BCUT2D eigenvalue weighted by Gasteiger charge is 2.30. The van der Waals surface area contributed by atoms with Crippen molar-refractivity contribution in [1.82, 2.24) is 9.88 Å². The molecule has 0 unspecified atom stereocenters. The fourth-order valence-corrected chi connectivity index (χ4v) is 3.93. The number of halogens is 2. The van der Waals surface area contributed by atoms with Crippen LogP contribution in [0.15, 0.2) is 73.6 Å². The number of thioether (sulfide) groups is 1. The predicted molar refractivity (Wildman–Crippen MR) is 117 cm³/mol. The van der Waals surface area contributed by atoms with E-state index in [1.165, 1.54) is 22.9 Å². The van der Waals surface area contributed by atoms with Gasteiger partial charge >= 0.3 is 0 Å². The number of rotatable bonds is 3. The molecule has 0 atom stereocenters. The van der Waals surface area contributed by atoms with Gasteiger partial charge in [-0.1, -0.05) is 39.7 Å². The van der Waals surface area contributed by atoms with Crippen LogP contribution in [0.1, 0.15) is 5.76 Å². The van der Waals surface area contributed by atoms with Gasteiger partial charge in [0.1, 0.15) is 11.5 Å². The quantitative estimate of drug-likeness (QED) is 0.437. The Labute approximate surface area is 179 Å². The average Bonchev–Trinajstić information content (AvgIpc) is 3.25. The van der Waals surface area contributed by atoms with Crippen molar-refractivity contribution in [3.63, 3.8) is 0 Å². The fraction of sp³-hybridized carbons (Fsp3) is 0.0500. The third-order valence-corrected chi connectivity index (χ3v) is 5.88. The monoisotopic (exact) mass is 473 g/mol. The summed E-state index contributed by atoms with van der Waals surface area (Å²) >= 11 is 10.8. The van der Waals surface area contributed by atoms with Gasteiger partial charge < -0.3 is 4.42 Å². The number of pyridine rings is 1. The highest BCUT2D eigenvalue weighted by atomic mass is 79.9. The number of nitrogens with zero attached hydrogens (tertiary/aromatic N) is 3. The van der Waals surface area contributed by atoms with E-state index in [0.717, 1.165) is 15.8 Å². The zero-order chi connectivity index (χ0) is 19.7. The first-order chi connectivity index (χ1) is 13.5. The van der Waals surface area contributed by atoms with E-state index in [4.69, 9.17) is 16.0 Å². The molecule has 0 saturated carbocycles. The van der Waals surface area contributed by atoms with E-state index < -0.39 is 0 Å². The molecule has 1 aliphatic heterocycles. The molecule has 1 saturated heterocycles. The summed E-state index contributed by atoms with van der Waals surface area (Å²) in [5.41, 5.74) is 1.53. The van der Waals surface area contributed by atoms with E-state index in [1.807, 2.05) is 36.4 Å². The van der Waals surface area contributed by atoms with Crippen LogP contribution in [0.4, 0.5) is 5.69 Å². The molecule has 8 heteroatoms. The van der Waals surface area contributed by atoms with Crippen LogP contribution in [0.5, 0.6) is 0 Å². The second-order valence-electron chi connectivity index (χ2n) is 5.91. The van der Waals surface area contributed by atoms with Crippen molar-refractivity contribution >= 4 is 62.1 Å². The van der Waals surface area contributed by atoms with E-state index in [2.05, 4.69) is 25.9 Å². The Morgan fingerprint density at radius 3 is 2.75 bits per heavy atom. The molecule has 3 aromatic rings. The molecular formula is C20H13BrClN3O2S. The normalized spacial score (nSPS) is 17.1. The molecule has 4 rings (SSSR count). The Morgan fingerprint density at radius 2 is 2.00 bits per heavy atom. The number of aromatic nitrogens is 1. The molecule has 0 spiro atoms. The molecule has 140 valence electrons. The summed E-state index contributed by atoms with van der Waals surface area (Å²) in [5, 5.41) is 0.975. The van der Waals surface area contributed by atoms with Gasteiger partial charge in [-0.2, -0.15) is 0 Å². The van der Waals surface area contributed by atoms with Gasteiger partial charge in [-0.15, -0.1) is 0 Å². The van der Waals surface area contributed by atoms with Crippen molar-refractivity contribution in [3.05, 3.63) is 75.0 Å². The fourth-order valence-electron chi connectivity index (χ4n) is 2.54. The minimum Gasteiger partial charge on any atom is -0.457 e. The van der Waals surface area contributed by atoms with Gasteiger partial charge in [0.05, 0.1) is 15.6 Å². The van der Waals surface area contributed by atoms with Gasteiger partial charge in [0, 0.05) is 35.6 Å². The van der Waals surface area contributed by atoms with Gasteiger partial charge in [0.15, 0.2) is 5.17 Å². The first-order valence-corrected chi connectivity index (χ1v) is 10.2. The van der Waals surface area contributed by atoms with Crippen LogP contribution >= 0.6 is 39.3 Å². The summed E-state index contributed by atoms with van der Waals surface area (Å²) in [4.78, 5) is 23.0. The van der Waals surface area contributed by atoms with Crippen LogP contribution in [-0.2, 0) is 4.79 Å². The number of likely N-dealkylation sites (N-methyl/N-ethyl adjacent to an activating group) is 1. The zero-order valence-corrected chi connectivity index (χ0v) is 17.8.